The summed E-state index contributed by atoms with van der Waals surface area (Å²) in [7, 11) is 2.83. The molecule has 1 N–H and O–H groups in total. The maximum absolute atomic E-state index is 12.9. The van der Waals surface area contributed by atoms with E-state index < -0.39 is 5.97 Å². The molecule has 0 saturated heterocycles. The molecule has 30 heavy (non-hydrogen) atoms. The summed E-state index contributed by atoms with van der Waals surface area (Å²) >= 11 is 0. The van der Waals surface area contributed by atoms with Crippen molar-refractivity contribution < 1.29 is 28.6 Å². The molecule has 2 rings (SSSR count). The van der Waals surface area contributed by atoms with E-state index in [-0.39, 0.29) is 35.6 Å². The van der Waals surface area contributed by atoms with Gasteiger partial charge in [-0.25, -0.2) is 4.79 Å². The first-order valence-electron chi connectivity index (χ1n) is 9.62. The van der Waals surface area contributed by atoms with Gasteiger partial charge >= 0.3 is 5.97 Å². The summed E-state index contributed by atoms with van der Waals surface area (Å²) in [6.07, 6.45) is 1.64. The Labute approximate surface area is 176 Å². The third kappa shape index (κ3) is 5.70. The van der Waals surface area contributed by atoms with Crippen molar-refractivity contribution >= 4 is 23.9 Å². The number of nitrogens with one attached hydrogen (secondary N) is 1. The summed E-state index contributed by atoms with van der Waals surface area (Å²) in [5, 5.41) is 2.75. The first kappa shape index (κ1) is 23.2. The van der Waals surface area contributed by atoms with Crippen LogP contribution in [0.2, 0.25) is 0 Å². The van der Waals surface area contributed by atoms with Gasteiger partial charge in [0.25, 0.3) is 11.8 Å². The van der Waals surface area contributed by atoms with Gasteiger partial charge in [0.05, 0.1) is 24.9 Å². The molecule has 1 aromatic rings. The minimum absolute atomic E-state index is 0.0445. The number of ether oxygens (including phenoxy) is 3. The van der Waals surface area contributed by atoms with E-state index in [2.05, 4.69) is 5.32 Å². The van der Waals surface area contributed by atoms with Gasteiger partial charge in [-0.15, -0.1) is 0 Å². The summed E-state index contributed by atoms with van der Waals surface area (Å²) in [6, 6.07) is 6.94. The predicted octanol–water partition coefficient (Wildman–Crippen LogP) is 1.91. The van der Waals surface area contributed by atoms with Crippen LogP contribution in [-0.4, -0.2) is 62.7 Å². The Balaban J connectivity index is 2.20. The lowest BCUT2D eigenvalue weighted by molar-refractivity contribution is -0.136. The van der Waals surface area contributed by atoms with Gasteiger partial charge in [-0.1, -0.05) is 12.1 Å². The molecule has 162 valence electrons. The summed E-state index contributed by atoms with van der Waals surface area (Å²) in [5.41, 5.74) is 1.75. The second kappa shape index (κ2) is 10.6. The normalized spacial score (nSPS) is 15.2. The highest BCUT2D eigenvalue weighted by molar-refractivity contribution is 6.16. The number of allylic oxidation sites excluding steroid dienone is 1. The number of methoxy groups -OCH3 is 2. The number of nitrogens with zero attached hydrogens (tertiary/aromatic N) is 1. The molecule has 0 fully saturated rings. The first-order chi connectivity index (χ1) is 14.3. The van der Waals surface area contributed by atoms with Gasteiger partial charge in [0.2, 0.25) is 0 Å². The number of rotatable bonds is 9. The van der Waals surface area contributed by atoms with Crippen molar-refractivity contribution in [2.75, 3.05) is 34.0 Å². The van der Waals surface area contributed by atoms with E-state index in [0.717, 1.165) is 0 Å². The lowest BCUT2D eigenvalue weighted by Crippen LogP contribution is -2.34. The van der Waals surface area contributed by atoms with Crippen molar-refractivity contribution in [2.45, 2.75) is 26.8 Å². The number of hydrogen-bond acceptors (Lipinski definition) is 6. The zero-order valence-electron chi connectivity index (χ0n) is 18.0. The second-order valence-corrected chi connectivity index (χ2v) is 7.04. The maximum atomic E-state index is 12.9. The van der Waals surface area contributed by atoms with Crippen LogP contribution in [0, 0.1) is 0 Å². The Morgan fingerprint density at radius 1 is 1.17 bits per heavy atom. The molecule has 0 aromatic heterocycles. The monoisotopic (exact) mass is 416 g/mol. The van der Waals surface area contributed by atoms with E-state index >= 15 is 0 Å². The Morgan fingerprint density at radius 3 is 2.40 bits per heavy atom. The van der Waals surface area contributed by atoms with Gasteiger partial charge in [0.1, 0.15) is 5.75 Å². The minimum Gasteiger partial charge on any atom is -0.484 e. The van der Waals surface area contributed by atoms with Crippen LogP contribution in [0.5, 0.6) is 5.75 Å². The highest BCUT2D eigenvalue weighted by Crippen LogP contribution is 2.31. The average Bonchev–Trinajstić information content (AvgIpc) is 2.94. The molecule has 1 aliphatic rings. The van der Waals surface area contributed by atoms with Crippen molar-refractivity contribution in [3.05, 3.63) is 46.7 Å². The fraction of sp³-hybridized carbons (Fsp3) is 0.409. The number of carbonyl (C=O) groups is 3. The molecule has 1 aliphatic heterocycles. The van der Waals surface area contributed by atoms with Crippen LogP contribution >= 0.6 is 0 Å². The smallest absolute Gasteiger partial charge is 0.340 e. The van der Waals surface area contributed by atoms with E-state index in [1.807, 2.05) is 13.8 Å². The van der Waals surface area contributed by atoms with Gasteiger partial charge in [-0.2, -0.15) is 0 Å². The van der Waals surface area contributed by atoms with E-state index in [1.165, 1.54) is 12.0 Å². The predicted molar refractivity (Wildman–Crippen MR) is 111 cm³/mol. The van der Waals surface area contributed by atoms with Gasteiger partial charge in [-0.3, -0.25) is 9.59 Å². The second-order valence-electron chi connectivity index (χ2n) is 7.04. The number of esters is 1. The summed E-state index contributed by atoms with van der Waals surface area (Å²) in [6.45, 7) is 6.06. The third-order valence-electron chi connectivity index (χ3n) is 4.43. The zero-order valence-corrected chi connectivity index (χ0v) is 18.0. The molecule has 0 unspecified atom stereocenters. The van der Waals surface area contributed by atoms with Crippen LogP contribution < -0.4 is 10.1 Å². The molecule has 8 heteroatoms. The van der Waals surface area contributed by atoms with Crippen molar-refractivity contribution in [2.24, 2.45) is 0 Å². The standard InChI is InChI=1S/C22H28N2O6/c1-14(2)23-19(25)13-30-17-8-6-16(7-9-17)12-18-20(22(27)29-5)15(3)24(21(18)26)10-11-28-4/h6-9,12,14H,10-11,13H2,1-5H3,(H,23,25). The molecular formula is C22H28N2O6. The SMILES string of the molecule is COCCN1C(=O)C(=Cc2ccc(OCC(=O)NC(C)C)cc2)C(C(=O)OC)=C1C. The number of hydrogen-bond donors (Lipinski definition) is 1. The Bertz CT molecular complexity index is 855. The first-order valence-corrected chi connectivity index (χ1v) is 9.62. The lowest BCUT2D eigenvalue weighted by atomic mass is 10.0. The summed E-state index contributed by atoms with van der Waals surface area (Å²) in [4.78, 5) is 38.3. The Kier molecular flexibility index (Phi) is 8.17. The summed E-state index contributed by atoms with van der Waals surface area (Å²) in [5.74, 6) is -0.526. The number of benzene rings is 1. The van der Waals surface area contributed by atoms with Crippen molar-refractivity contribution in [3.8, 4) is 5.75 Å². The molecule has 0 radical (unpaired) electrons. The number of carbonyl (C=O) groups excluding carboxylic acids is 3. The van der Waals surface area contributed by atoms with E-state index in [1.54, 1.807) is 44.4 Å². The molecule has 1 aromatic carbocycles. The molecule has 1 heterocycles. The third-order valence-corrected chi connectivity index (χ3v) is 4.43. The lowest BCUT2D eigenvalue weighted by Gasteiger charge is -2.16. The largest absolute Gasteiger partial charge is 0.484 e. The van der Waals surface area contributed by atoms with Crippen molar-refractivity contribution in [1.29, 1.82) is 0 Å². The van der Waals surface area contributed by atoms with E-state index in [9.17, 15) is 14.4 Å². The molecule has 0 saturated carbocycles. The van der Waals surface area contributed by atoms with E-state index in [4.69, 9.17) is 14.2 Å². The van der Waals surface area contributed by atoms with Crippen molar-refractivity contribution in [3.63, 3.8) is 0 Å². The van der Waals surface area contributed by atoms with Gasteiger partial charge in [0, 0.05) is 25.4 Å². The van der Waals surface area contributed by atoms with Crippen LogP contribution in [0.3, 0.4) is 0 Å². The fourth-order valence-corrected chi connectivity index (χ4v) is 3.02. The Hall–Kier alpha value is -3.13. The van der Waals surface area contributed by atoms with Crippen LogP contribution in [0.25, 0.3) is 6.08 Å². The molecule has 0 atom stereocenters. The van der Waals surface area contributed by atoms with Gasteiger partial charge < -0.3 is 24.4 Å². The van der Waals surface area contributed by atoms with Crippen molar-refractivity contribution in [1.82, 2.24) is 10.2 Å². The average molecular weight is 416 g/mol. The topological polar surface area (TPSA) is 94.2 Å². The van der Waals surface area contributed by atoms with Crippen LogP contribution in [0.1, 0.15) is 26.3 Å². The molecule has 2 amide bonds. The molecular weight excluding hydrogens is 388 g/mol. The zero-order chi connectivity index (χ0) is 22.3. The van der Waals surface area contributed by atoms with Gasteiger partial charge in [-0.05, 0) is 44.5 Å². The van der Waals surface area contributed by atoms with E-state index in [0.29, 0.717) is 30.2 Å². The van der Waals surface area contributed by atoms with Crippen LogP contribution in [0.4, 0.5) is 0 Å². The molecule has 0 aliphatic carbocycles. The molecule has 8 nitrogen and oxygen atoms in total. The van der Waals surface area contributed by atoms with Crippen LogP contribution in [-0.2, 0) is 23.9 Å². The highest BCUT2D eigenvalue weighted by atomic mass is 16.5. The highest BCUT2D eigenvalue weighted by Gasteiger charge is 2.36. The fourth-order valence-electron chi connectivity index (χ4n) is 3.02. The molecule has 0 bridgehead atoms. The van der Waals surface area contributed by atoms with Gasteiger partial charge in [0.15, 0.2) is 6.61 Å². The minimum atomic E-state index is -0.567. The maximum Gasteiger partial charge on any atom is 0.340 e. The summed E-state index contributed by atoms with van der Waals surface area (Å²) < 4.78 is 15.4. The molecule has 0 spiro atoms. The quantitative estimate of drug-likeness (QED) is 0.488. The van der Waals surface area contributed by atoms with Crippen LogP contribution in [0.15, 0.2) is 41.1 Å². The number of amides is 2. The Morgan fingerprint density at radius 2 is 1.83 bits per heavy atom.